The van der Waals surface area contributed by atoms with E-state index in [4.69, 9.17) is 19.4 Å². The molecule has 262 valence electrons. The van der Waals surface area contributed by atoms with Crippen molar-refractivity contribution in [3.05, 3.63) is 188 Å². The summed E-state index contributed by atoms with van der Waals surface area (Å²) in [6.07, 6.45) is 0. The molecule has 11 rings (SSSR count). The van der Waals surface area contributed by atoms with Crippen LogP contribution in [0.3, 0.4) is 0 Å². The number of thiophene rings is 1. The highest BCUT2D eigenvalue weighted by Crippen LogP contribution is 2.39. The molecule has 0 atom stereocenters. The number of nitrogens with zero attached hydrogens (tertiary/aromatic N) is 3. The van der Waals surface area contributed by atoms with Gasteiger partial charge in [0.1, 0.15) is 11.2 Å². The molecule has 0 amide bonds. The molecule has 3 heterocycles. The van der Waals surface area contributed by atoms with Gasteiger partial charge in [0.2, 0.25) is 0 Å². The molecule has 0 bridgehead atoms. The molecule has 0 fully saturated rings. The highest BCUT2D eigenvalue weighted by molar-refractivity contribution is 7.25. The van der Waals surface area contributed by atoms with Crippen LogP contribution in [0, 0.1) is 0 Å². The Morgan fingerprint density at radius 3 is 1.55 bits per heavy atom. The average molecular weight is 734 g/mol. The highest BCUT2D eigenvalue weighted by atomic mass is 32.1. The van der Waals surface area contributed by atoms with Crippen molar-refractivity contribution in [2.75, 3.05) is 0 Å². The van der Waals surface area contributed by atoms with Gasteiger partial charge in [0.05, 0.1) is 5.56 Å². The second-order valence-electron chi connectivity index (χ2n) is 14.0. The summed E-state index contributed by atoms with van der Waals surface area (Å²) in [6.45, 7) is 0. The van der Waals surface area contributed by atoms with Gasteiger partial charge in [-0.25, -0.2) is 15.0 Å². The van der Waals surface area contributed by atoms with Crippen LogP contribution >= 0.6 is 11.3 Å². The van der Waals surface area contributed by atoms with Crippen molar-refractivity contribution < 1.29 is 4.42 Å². The van der Waals surface area contributed by atoms with Gasteiger partial charge < -0.3 is 4.42 Å². The summed E-state index contributed by atoms with van der Waals surface area (Å²) < 4.78 is 9.25. The van der Waals surface area contributed by atoms with Gasteiger partial charge in [-0.3, -0.25) is 0 Å². The third kappa shape index (κ3) is 5.65. The van der Waals surface area contributed by atoms with Crippen LogP contribution in [-0.4, -0.2) is 15.0 Å². The molecule has 0 unspecified atom stereocenters. The summed E-state index contributed by atoms with van der Waals surface area (Å²) >= 11 is 1.85. The Kier molecular flexibility index (Phi) is 7.64. The van der Waals surface area contributed by atoms with E-state index in [0.29, 0.717) is 17.5 Å². The van der Waals surface area contributed by atoms with Gasteiger partial charge in [0.25, 0.3) is 0 Å². The van der Waals surface area contributed by atoms with Crippen molar-refractivity contribution in [3.63, 3.8) is 0 Å². The average Bonchev–Trinajstić information content (AvgIpc) is 3.85. The fourth-order valence-corrected chi connectivity index (χ4v) is 8.84. The molecule has 0 spiro atoms. The van der Waals surface area contributed by atoms with Crippen molar-refractivity contribution in [2.45, 2.75) is 0 Å². The SMILES string of the molecule is c1ccc(-c2ccc(-c3nc(-c4ccccc4)nc(-c4cccc5c4oc4ccc(-c6ccc(-c7ccc8c(c7)sc7ccccc78)cc6)cc45)n3)cc2)cc1. The Bertz CT molecular complexity index is 3220. The molecule has 3 aromatic heterocycles. The molecule has 0 radical (unpaired) electrons. The lowest BCUT2D eigenvalue weighted by molar-refractivity contribution is 0.669. The number of benzene rings is 8. The minimum Gasteiger partial charge on any atom is -0.455 e. The Hall–Kier alpha value is -7.21. The first kappa shape index (κ1) is 32.2. The number of hydrogen-bond donors (Lipinski definition) is 0. The zero-order chi connectivity index (χ0) is 37.0. The summed E-state index contributed by atoms with van der Waals surface area (Å²) in [4.78, 5) is 15.1. The molecule has 0 aliphatic carbocycles. The normalized spacial score (nSPS) is 11.6. The number of hydrogen-bond acceptors (Lipinski definition) is 5. The minimum atomic E-state index is 0.565. The maximum absolute atomic E-state index is 6.62. The van der Waals surface area contributed by atoms with E-state index in [0.717, 1.165) is 60.9 Å². The van der Waals surface area contributed by atoms with Gasteiger partial charge in [-0.1, -0.05) is 158 Å². The van der Waals surface area contributed by atoms with Gasteiger partial charge in [0.15, 0.2) is 17.5 Å². The number of aromatic nitrogens is 3. The smallest absolute Gasteiger partial charge is 0.167 e. The Labute approximate surface area is 327 Å². The second-order valence-corrected chi connectivity index (χ2v) is 15.1. The lowest BCUT2D eigenvalue weighted by Gasteiger charge is -2.09. The zero-order valence-corrected chi connectivity index (χ0v) is 30.9. The quantitative estimate of drug-likeness (QED) is 0.171. The number of furan rings is 1. The van der Waals surface area contributed by atoms with Crippen LogP contribution in [0.1, 0.15) is 0 Å². The summed E-state index contributed by atoms with van der Waals surface area (Å²) in [6, 6.07) is 65.8. The van der Waals surface area contributed by atoms with Crippen LogP contribution in [0.5, 0.6) is 0 Å². The molecule has 11 aromatic rings. The van der Waals surface area contributed by atoms with Crippen molar-refractivity contribution >= 4 is 53.4 Å². The zero-order valence-electron chi connectivity index (χ0n) is 30.1. The van der Waals surface area contributed by atoms with Crippen molar-refractivity contribution in [1.29, 1.82) is 0 Å². The van der Waals surface area contributed by atoms with Crippen LogP contribution in [0.4, 0.5) is 0 Å². The van der Waals surface area contributed by atoms with Gasteiger partial charge in [-0.05, 0) is 63.7 Å². The topological polar surface area (TPSA) is 51.8 Å². The largest absolute Gasteiger partial charge is 0.455 e. The van der Waals surface area contributed by atoms with Gasteiger partial charge in [0, 0.05) is 42.1 Å². The number of rotatable bonds is 6. The molecular weight excluding hydrogens is 703 g/mol. The van der Waals surface area contributed by atoms with Crippen LogP contribution in [-0.2, 0) is 0 Å². The molecule has 0 saturated heterocycles. The van der Waals surface area contributed by atoms with E-state index in [1.54, 1.807) is 0 Å². The molecule has 0 saturated carbocycles. The van der Waals surface area contributed by atoms with E-state index in [1.807, 2.05) is 53.8 Å². The maximum atomic E-state index is 6.62. The number of para-hydroxylation sites is 1. The Morgan fingerprint density at radius 2 is 0.821 bits per heavy atom. The lowest BCUT2D eigenvalue weighted by atomic mass is 9.98. The molecule has 5 heteroatoms. The number of fused-ring (bicyclic) bond motifs is 6. The molecule has 0 aliphatic heterocycles. The van der Waals surface area contributed by atoms with Gasteiger partial charge in [-0.15, -0.1) is 11.3 Å². The van der Waals surface area contributed by atoms with Crippen molar-refractivity contribution in [2.24, 2.45) is 0 Å². The van der Waals surface area contributed by atoms with Crippen LogP contribution in [0.25, 0.3) is 110 Å². The summed E-state index contributed by atoms with van der Waals surface area (Å²) in [5.74, 6) is 1.78. The van der Waals surface area contributed by atoms with E-state index in [1.165, 1.54) is 31.3 Å². The fourth-order valence-electron chi connectivity index (χ4n) is 7.70. The molecule has 56 heavy (non-hydrogen) atoms. The summed E-state index contributed by atoms with van der Waals surface area (Å²) in [5.41, 5.74) is 11.2. The van der Waals surface area contributed by atoms with E-state index < -0.39 is 0 Å². The van der Waals surface area contributed by atoms with Crippen molar-refractivity contribution in [3.8, 4) is 67.5 Å². The molecular formula is C51H31N3OS. The van der Waals surface area contributed by atoms with E-state index in [9.17, 15) is 0 Å². The molecule has 0 N–H and O–H groups in total. The maximum Gasteiger partial charge on any atom is 0.167 e. The molecule has 0 aliphatic rings. The van der Waals surface area contributed by atoms with Crippen LogP contribution in [0.15, 0.2) is 192 Å². The monoisotopic (exact) mass is 733 g/mol. The Morgan fingerprint density at radius 1 is 0.321 bits per heavy atom. The highest BCUT2D eigenvalue weighted by Gasteiger charge is 2.18. The molecule has 4 nitrogen and oxygen atoms in total. The van der Waals surface area contributed by atoms with Gasteiger partial charge >= 0.3 is 0 Å². The van der Waals surface area contributed by atoms with E-state index in [-0.39, 0.29) is 0 Å². The van der Waals surface area contributed by atoms with E-state index in [2.05, 4.69) is 146 Å². The predicted octanol–water partition coefficient (Wildman–Crippen LogP) is 14.1. The summed E-state index contributed by atoms with van der Waals surface area (Å²) in [5, 5.41) is 4.70. The first-order valence-electron chi connectivity index (χ1n) is 18.7. The second kappa shape index (κ2) is 13.3. The van der Waals surface area contributed by atoms with Crippen molar-refractivity contribution in [1.82, 2.24) is 15.0 Å². The minimum absolute atomic E-state index is 0.565. The first-order valence-corrected chi connectivity index (χ1v) is 19.5. The molecule has 8 aromatic carbocycles. The lowest BCUT2D eigenvalue weighted by Crippen LogP contribution is -2.00. The standard InChI is InChI=1S/C51H31N3OS/c1-3-10-32(11-4-1)33-22-24-37(25-23-33)50-52-49(36-12-5-2-6-13-36)53-51(54-50)43-16-9-15-42-44-30-38(27-29-45(44)55-48(42)43)34-18-20-35(21-19-34)39-26-28-41-40-14-7-8-17-46(40)56-47(41)31-39/h1-31H. The van der Waals surface area contributed by atoms with Gasteiger partial charge in [-0.2, -0.15) is 0 Å². The Balaban J connectivity index is 0.962. The first-order chi connectivity index (χ1) is 27.7. The predicted molar refractivity (Wildman–Crippen MR) is 233 cm³/mol. The summed E-state index contributed by atoms with van der Waals surface area (Å²) in [7, 11) is 0. The van der Waals surface area contributed by atoms with Crippen LogP contribution in [0.2, 0.25) is 0 Å². The third-order valence-electron chi connectivity index (χ3n) is 10.6. The third-order valence-corrected chi connectivity index (χ3v) is 11.7. The fraction of sp³-hybridized carbons (Fsp3) is 0. The van der Waals surface area contributed by atoms with Crippen LogP contribution < -0.4 is 0 Å². The van der Waals surface area contributed by atoms with E-state index >= 15 is 0 Å².